The molecule has 2 aromatic carbocycles. The van der Waals surface area contributed by atoms with Gasteiger partial charge in [0, 0.05) is 83.0 Å². The van der Waals surface area contributed by atoms with Gasteiger partial charge >= 0.3 is 27.0 Å². The van der Waals surface area contributed by atoms with Crippen LogP contribution < -0.4 is 15.9 Å². The third-order valence-electron chi connectivity index (χ3n) is 11.8. The summed E-state index contributed by atoms with van der Waals surface area (Å²) in [6.45, 7) is 32.3. The van der Waals surface area contributed by atoms with Crippen LogP contribution >= 0.6 is 17.8 Å². The quantitative estimate of drug-likeness (QED) is 0.101. The molecule has 0 radical (unpaired) electrons. The molecule has 0 amide bonds. The Morgan fingerprint density at radius 1 is 0.787 bits per heavy atom. The van der Waals surface area contributed by atoms with Crippen molar-refractivity contribution >= 4 is 39.9 Å². The zero-order valence-corrected chi connectivity index (χ0v) is 41.1. The standard InChI is InChI=1S/C22H27N4P.C13H23NO2.C9H13O.C4H9NO.ClH.Rh/c1-23-12-13-24-14-15-25-16-17-26(22(25)18-21(23)24)27(19-8-4-2-5-9-19)20-10-6-3-7-11-20;1-11(14-7-9-16-10-8-14)5-6-13(3,4)12(2)15;1-5-6-7-9(3,4)8(2)10;1-3-6-4-2-5-1;;/h2-11,18,21-22H,1,12-17H2;5-6,11H,7-10H2,1-4H3;1,5-7H,2-4H3;5H,1-4H2;1H;/q-2;;+1;;;+3/b;6-5+;7-6+;;;. The third-order valence-corrected chi connectivity index (χ3v) is 14.7. The van der Waals surface area contributed by atoms with E-state index in [9.17, 15) is 9.59 Å². The van der Waals surface area contributed by atoms with Gasteiger partial charge in [-0.05, 0) is 85.4 Å². The van der Waals surface area contributed by atoms with Gasteiger partial charge in [-0.2, -0.15) is 4.67 Å². The number of rotatable bonds is 10. The summed E-state index contributed by atoms with van der Waals surface area (Å²) in [4.78, 5) is 32.1. The van der Waals surface area contributed by atoms with Gasteiger partial charge in [-0.25, -0.2) is 0 Å². The fourth-order valence-electron chi connectivity index (χ4n) is 7.29. The monoisotopic (exact) mass is 966 g/mol. The van der Waals surface area contributed by atoms with Gasteiger partial charge in [0.25, 0.3) is 0 Å². The molecule has 0 spiro atoms. The van der Waals surface area contributed by atoms with E-state index in [1.165, 1.54) is 16.7 Å². The van der Waals surface area contributed by atoms with Crippen LogP contribution in [0, 0.1) is 30.9 Å². The number of halogens is 1. The predicted octanol–water partition coefficient (Wildman–Crippen LogP) is 5.98. The molecule has 13 heteroatoms. The molecular formula is C48H73ClN6O4PRh+2. The topological polar surface area (TPSA) is 80.8 Å². The molecule has 3 unspecified atom stereocenters. The van der Waals surface area contributed by atoms with Crippen LogP contribution in [-0.2, 0) is 36.4 Å². The van der Waals surface area contributed by atoms with Crippen molar-refractivity contribution < 1.29 is 36.4 Å². The van der Waals surface area contributed by atoms with Gasteiger partial charge in [-0.3, -0.25) is 28.0 Å². The van der Waals surface area contributed by atoms with Gasteiger partial charge in [-0.1, -0.05) is 54.7 Å². The maximum atomic E-state index is 11.4. The molecule has 5 heterocycles. The second-order valence-corrected chi connectivity index (χ2v) is 19.3. The zero-order valence-electron chi connectivity index (χ0n) is 37.7. The molecule has 2 aromatic rings. The van der Waals surface area contributed by atoms with E-state index in [0.29, 0.717) is 18.4 Å². The minimum atomic E-state index is -1.00. The Bertz CT molecular complexity index is 1580. The van der Waals surface area contributed by atoms with E-state index in [1.807, 2.05) is 51.1 Å². The van der Waals surface area contributed by atoms with Crippen LogP contribution in [0.25, 0.3) is 0 Å². The SMILES string of the molecule is C1COCCN1.CC(=O)C(C)(C)/C=C/C(C)N1CCOCC1.[CH+]=C/C=C/C(C)(C)C(C)=O.[CH2-]N1CCN2CCN3CCN([PH+](c4ccccc4)c4ccccc4)C3[CH-]C12.[Cl][Rh+2]. The molecule has 5 fully saturated rings. The van der Waals surface area contributed by atoms with E-state index in [1.54, 1.807) is 26.0 Å². The van der Waals surface area contributed by atoms with Crippen LogP contribution in [0.1, 0.15) is 48.5 Å². The van der Waals surface area contributed by atoms with Gasteiger partial charge in [-0.15, -0.1) is 0 Å². The zero-order chi connectivity index (χ0) is 44.8. The van der Waals surface area contributed by atoms with Crippen molar-refractivity contribution in [3.05, 3.63) is 111 Å². The molecule has 1 N–H and O–H groups in total. The van der Waals surface area contributed by atoms with Crippen LogP contribution in [0.2, 0.25) is 0 Å². The molecule has 10 nitrogen and oxygen atoms in total. The Hall–Kier alpha value is -2.07. The number of nitrogens with zero attached hydrogens (tertiary/aromatic N) is 5. The number of benzene rings is 2. The van der Waals surface area contributed by atoms with Crippen molar-refractivity contribution in [3.8, 4) is 0 Å². The summed E-state index contributed by atoms with van der Waals surface area (Å²) in [6, 6.07) is 22.6. The van der Waals surface area contributed by atoms with E-state index in [4.69, 9.17) is 16.1 Å². The number of allylic oxidation sites excluding steroid dienone is 4. The molecule has 0 aliphatic carbocycles. The van der Waals surface area contributed by atoms with Gasteiger partial charge in [0.2, 0.25) is 0 Å². The first-order chi connectivity index (χ1) is 29.2. The van der Waals surface area contributed by atoms with Crippen molar-refractivity contribution in [2.45, 2.75) is 66.8 Å². The Labute approximate surface area is 384 Å². The number of hydrogen-bond acceptors (Lipinski definition) is 10. The molecule has 0 saturated carbocycles. The number of ether oxygens (including phenoxy) is 2. The molecule has 5 saturated heterocycles. The number of nitrogens with one attached hydrogen (secondary N) is 1. The van der Waals surface area contributed by atoms with Gasteiger partial charge in [0.15, 0.2) is 6.08 Å². The average Bonchev–Trinajstić information content (AvgIpc) is 3.79. The fourth-order valence-corrected chi connectivity index (χ4v) is 10.1. The number of carbonyl (C=O) groups excluding carboxylic acids is 2. The van der Waals surface area contributed by atoms with Crippen molar-refractivity contribution in [1.29, 1.82) is 0 Å². The number of Topliss-reactive ketones (excluding diaryl/α,β-unsaturated/α-hetero) is 2. The van der Waals surface area contributed by atoms with Crippen LogP contribution in [0.3, 0.4) is 0 Å². The first-order valence-electron chi connectivity index (χ1n) is 21.6. The number of ketones is 2. The first kappa shape index (κ1) is 53.3. The van der Waals surface area contributed by atoms with Crippen molar-refractivity contribution in [2.75, 3.05) is 91.9 Å². The summed E-state index contributed by atoms with van der Waals surface area (Å²) < 4.78 is 13.1. The second-order valence-electron chi connectivity index (χ2n) is 16.9. The van der Waals surface area contributed by atoms with E-state index >= 15 is 0 Å². The Balaban J connectivity index is 0.000000247. The number of fused-ring (bicyclic) bond motifs is 2. The summed E-state index contributed by atoms with van der Waals surface area (Å²) in [5.74, 6) is 0.350. The normalized spacial score (nSPS) is 22.2. The maximum absolute atomic E-state index is 11.4. The van der Waals surface area contributed by atoms with Crippen molar-refractivity contribution in [1.82, 2.24) is 29.6 Å². The Morgan fingerprint density at radius 3 is 1.74 bits per heavy atom. The van der Waals surface area contributed by atoms with Crippen LogP contribution in [0.5, 0.6) is 0 Å². The summed E-state index contributed by atoms with van der Waals surface area (Å²) in [5, 5.41) is 6.11. The van der Waals surface area contributed by atoms with Gasteiger partial charge in [0.1, 0.15) is 30.2 Å². The number of hydrogen-bond donors (Lipinski definition) is 1. The summed E-state index contributed by atoms with van der Waals surface area (Å²) in [6.07, 6.45) is 12.4. The van der Waals surface area contributed by atoms with Crippen LogP contribution in [-0.4, -0.2) is 146 Å². The minimum absolute atomic E-state index is 0.144. The van der Waals surface area contributed by atoms with Crippen molar-refractivity contribution in [3.63, 3.8) is 0 Å². The Morgan fingerprint density at radius 2 is 1.26 bits per heavy atom. The predicted molar refractivity (Wildman–Crippen MR) is 252 cm³/mol. The molecule has 0 bridgehead atoms. The summed E-state index contributed by atoms with van der Waals surface area (Å²) in [5.41, 5.74) is -0.726. The molecule has 7 rings (SSSR count). The molecule has 61 heavy (non-hydrogen) atoms. The van der Waals surface area contributed by atoms with E-state index in [0.717, 1.165) is 91.9 Å². The molecule has 3 atom stereocenters. The van der Waals surface area contributed by atoms with E-state index < -0.39 is 8.07 Å². The number of morpholine rings is 2. The molecule has 0 aromatic heterocycles. The molecule has 5 aliphatic rings. The third kappa shape index (κ3) is 17.4. The fraction of sp³-hybridized carbons (Fsp3) is 0.542. The van der Waals surface area contributed by atoms with Gasteiger partial charge in [0.05, 0.1) is 37.9 Å². The van der Waals surface area contributed by atoms with Crippen molar-refractivity contribution in [2.24, 2.45) is 10.8 Å². The van der Waals surface area contributed by atoms with Crippen LogP contribution in [0.15, 0.2) is 91.0 Å². The molecule has 338 valence electrons. The first-order valence-corrected chi connectivity index (χ1v) is 25.1. The van der Waals surface area contributed by atoms with E-state index in [-0.39, 0.29) is 22.4 Å². The summed E-state index contributed by atoms with van der Waals surface area (Å²) in [7, 11) is 7.82. The van der Waals surface area contributed by atoms with E-state index in [2.05, 4.69) is 126 Å². The Kier molecular flexibility index (Phi) is 24.4. The molecule has 5 aliphatic heterocycles. The molecular weight excluding hydrogens is 894 g/mol. The average molecular weight is 967 g/mol. The summed E-state index contributed by atoms with van der Waals surface area (Å²) >= 11 is 2.02. The van der Waals surface area contributed by atoms with Gasteiger partial charge < -0.3 is 29.5 Å². The van der Waals surface area contributed by atoms with Crippen LogP contribution in [0.4, 0.5) is 0 Å². The number of carbonyl (C=O) groups is 2. The second kappa shape index (κ2) is 28.0.